The number of hydrogen-bond donors (Lipinski definition) is 4. The Hall–Kier alpha value is -2.89. The van der Waals surface area contributed by atoms with Crippen LogP contribution in [0.5, 0.6) is 0 Å². The van der Waals surface area contributed by atoms with E-state index in [1.807, 2.05) is 36.5 Å². The lowest BCUT2D eigenvalue weighted by Crippen LogP contribution is -2.39. The number of anilines is 3. The summed E-state index contributed by atoms with van der Waals surface area (Å²) in [4.78, 5) is 24.8. The van der Waals surface area contributed by atoms with Gasteiger partial charge in [0, 0.05) is 61.4 Å². The molecule has 2 aromatic rings. The molecule has 1 atom stereocenters. The van der Waals surface area contributed by atoms with Gasteiger partial charge in [0.1, 0.15) is 17.8 Å². The highest BCUT2D eigenvalue weighted by molar-refractivity contribution is 7.99. The first kappa shape index (κ1) is 22.9. The standard InChI is InChI=1S/C23H30N8O2S/c32-22(16-1-2-16)26-17-3-5-18(6-4-17)34-23-28-20(24-9-10-31-11-13-33-14-12-31)15-21(29-23)27-19-7-8-25-30-19/h3-6,8,15-16,19,30H,1-2,7,9-14H2,(H,26,32)(H2,24,27,28,29). The van der Waals surface area contributed by atoms with E-state index in [4.69, 9.17) is 14.7 Å². The van der Waals surface area contributed by atoms with E-state index >= 15 is 0 Å². The number of ether oxygens (including phenoxy) is 1. The smallest absolute Gasteiger partial charge is 0.227 e. The maximum Gasteiger partial charge on any atom is 0.227 e. The van der Waals surface area contributed by atoms with Crippen molar-refractivity contribution in [2.75, 3.05) is 55.3 Å². The van der Waals surface area contributed by atoms with Gasteiger partial charge in [-0.05, 0) is 48.9 Å². The van der Waals surface area contributed by atoms with Crippen LogP contribution in [0.3, 0.4) is 0 Å². The molecule has 1 aromatic carbocycles. The van der Waals surface area contributed by atoms with Crippen molar-refractivity contribution >= 4 is 41.2 Å². The summed E-state index contributed by atoms with van der Waals surface area (Å²) in [6, 6.07) is 9.74. The number of benzene rings is 1. The summed E-state index contributed by atoms with van der Waals surface area (Å²) in [5, 5.41) is 14.5. The van der Waals surface area contributed by atoms with Crippen LogP contribution in [0.2, 0.25) is 0 Å². The molecule has 0 spiro atoms. The van der Waals surface area contributed by atoms with E-state index in [0.29, 0.717) is 5.16 Å². The number of carbonyl (C=O) groups is 1. The number of amides is 1. The lowest BCUT2D eigenvalue weighted by atomic mass is 10.3. The topological polar surface area (TPSA) is 116 Å². The van der Waals surface area contributed by atoms with Gasteiger partial charge in [-0.3, -0.25) is 15.1 Å². The van der Waals surface area contributed by atoms with E-state index in [2.05, 4.69) is 31.4 Å². The fourth-order valence-electron chi connectivity index (χ4n) is 3.73. The Morgan fingerprint density at radius 2 is 1.94 bits per heavy atom. The highest BCUT2D eigenvalue weighted by Crippen LogP contribution is 2.31. The third-order valence-electron chi connectivity index (χ3n) is 5.81. The van der Waals surface area contributed by atoms with Crippen molar-refractivity contribution in [1.82, 2.24) is 20.3 Å². The lowest BCUT2D eigenvalue weighted by molar-refractivity contribution is -0.117. The Bertz CT molecular complexity index is 1000. The molecule has 3 heterocycles. The number of carbonyl (C=O) groups excluding carboxylic acids is 1. The van der Waals surface area contributed by atoms with Gasteiger partial charge in [-0.1, -0.05) is 0 Å². The normalized spacial score (nSPS) is 20.1. The Balaban J connectivity index is 1.23. The molecule has 180 valence electrons. The molecule has 3 aliphatic rings. The molecule has 1 saturated carbocycles. The van der Waals surface area contributed by atoms with Gasteiger partial charge in [0.05, 0.1) is 13.2 Å². The second kappa shape index (κ2) is 11.0. The SMILES string of the molecule is O=C(Nc1ccc(Sc2nc(NCCN3CCOCC3)cc(NC3CC=NN3)n2)cc1)C1CC1. The zero-order valence-electron chi connectivity index (χ0n) is 19.0. The van der Waals surface area contributed by atoms with Crippen molar-refractivity contribution in [3.05, 3.63) is 30.3 Å². The summed E-state index contributed by atoms with van der Waals surface area (Å²) in [5.74, 6) is 1.81. The van der Waals surface area contributed by atoms with Crippen molar-refractivity contribution in [3.8, 4) is 0 Å². The van der Waals surface area contributed by atoms with Crippen molar-refractivity contribution in [2.45, 2.75) is 35.5 Å². The Morgan fingerprint density at radius 1 is 1.15 bits per heavy atom. The molecule has 1 amide bonds. The average Bonchev–Trinajstić information content (AvgIpc) is 3.58. The maximum atomic E-state index is 12.0. The van der Waals surface area contributed by atoms with Gasteiger partial charge in [0.25, 0.3) is 0 Å². The van der Waals surface area contributed by atoms with Crippen molar-refractivity contribution < 1.29 is 9.53 Å². The third-order valence-corrected chi connectivity index (χ3v) is 6.68. The second-order valence-electron chi connectivity index (χ2n) is 8.57. The molecular formula is C23H30N8O2S. The van der Waals surface area contributed by atoms with Gasteiger partial charge >= 0.3 is 0 Å². The molecule has 0 bridgehead atoms. The van der Waals surface area contributed by atoms with Gasteiger partial charge < -0.3 is 20.7 Å². The maximum absolute atomic E-state index is 12.0. The molecule has 11 heteroatoms. The van der Waals surface area contributed by atoms with Crippen LogP contribution in [0.25, 0.3) is 0 Å². The average molecular weight is 483 g/mol. The predicted octanol–water partition coefficient (Wildman–Crippen LogP) is 2.44. The number of nitrogens with one attached hydrogen (secondary N) is 4. The molecule has 1 aliphatic carbocycles. The molecule has 2 fully saturated rings. The Kier molecular flexibility index (Phi) is 7.42. The number of morpholine rings is 1. The number of nitrogens with zero attached hydrogens (tertiary/aromatic N) is 4. The number of aromatic nitrogens is 2. The zero-order chi connectivity index (χ0) is 23.2. The number of hydrazone groups is 1. The predicted molar refractivity (Wildman–Crippen MR) is 133 cm³/mol. The second-order valence-corrected chi connectivity index (χ2v) is 9.61. The minimum Gasteiger partial charge on any atom is -0.379 e. The van der Waals surface area contributed by atoms with E-state index in [0.717, 1.165) is 80.9 Å². The molecule has 0 radical (unpaired) electrons. The van der Waals surface area contributed by atoms with Gasteiger partial charge in [-0.25, -0.2) is 9.97 Å². The summed E-state index contributed by atoms with van der Waals surface area (Å²) < 4.78 is 5.42. The van der Waals surface area contributed by atoms with Crippen LogP contribution < -0.4 is 21.4 Å². The number of hydrogen-bond acceptors (Lipinski definition) is 10. The zero-order valence-corrected chi connectivity index (χ0v) is 19.8. The van der Waals surface area contributed by atoms with E-state index in [9.17, 15) is 4.79 Å². The van der Waals surface area contributed by atoms with E-state index in [-0.39, 0.29) is 18.0 Å². The van der Waals surface area contributed by atoms with Crippen molar-refractivity contribution in [1.29, 1.82) is 0 Å². The minimum atomic E-state index is 0.0170. The summed E-state index contributed by atoms with van der Waals surface area (Å²) in [5.41, 5.74) is 3.85. The van der Waals surface area contributed by atoms with Gasteiger partial charge in [0.15, 0.2) is 5.16 Å². The first-order chi connectivity index (χ1) is 16.7. The van der Waals surface area contributed by atoms with Gasteiger partial charge in [-0.2, -0.15) is 5.10 Å². The summed E-state index contributed by atoms with van der Waals surface area (Å²) in [6.07, 6.45) is 4.64. The minimum absolute atomic E-state index is 0.0170. The van der Waals surface area contributed by atoms with E-state index < -0.39 is 0 Å². The van der Waals surface area contributed by atoms with E-state index in [1.54, 1.807) is 0 Å². The highest BCUT2D eigenvalue weighted by Gasteiger charge is 2.29. The first-order valence-electron chi connectivity index (χ1n) is 11.8. The summed E-state index contributed by atoms with van der Waals surface area (Å²) in [7, 11) is 0. The molecule has 5 rings (SSSR count). The molecular weight excluding hydrogens is 452 g/mol. The van der Waals surface area contributed by atoms with Crippen LogP contribution in [0.4, 0.5) is 17.3 Å². The number of rotatable bonds is 10. The first-order valence-corrected chi connectivity index (χ1v) is 12.6. The molecule has 1 aromatic heterocycles. The highest BCUT2D eigenvalue weighted by atomic mass is 32.2. The van der Waals surface area contributed by atoms with E-state index in [1.165, 1.54) is 11.8 Å². The van der Waals surface area contributed by atoms with Gasteiger partial charge in [-0.15, -0.1) is 0 Å². The quantitative estimate of drug-likeness (QED) is 0.379. The van der Waals surface area contributed by atoms with Gasteiger partial charge in [0.2, 0.25) is 5.91 Å². The summed E-state index contributed by atoms with van der Waals surface area (Å²) >= 11 is 1.49. The van der Waals surface area contributed by atoms with Crippen LogP contribution in [-0.4, -0.2) is 72.5 Å². The Morgan fingerprint density at radius 3 is 2.68 bits per heavy atom. The molecule has 1 saturated heterocycles. The Labute approximate surface area is 203 Å². The largest absolute Gasteiger partial charge is 0.379 e. The van der Waals surface area contributed by atoms with Crippen molar-refractivity contribution in [2.24, 2.45) is 11.0 Å². The van der Waals surface area contributed by atoms with Crippen molar-refractivity contribution in [3.63, 3.8) is 0 Å². The molecule has 34 heavy (non-hydrogen) atoms. The fraction of sp³-hybridized carbons (Fsp3) is 0.478. The summed E-state index contributed by atoms with van der Waals surface area (Å²) in [6.45, 7) is 5.24. The monoisotopic (exact) mass is 482 g/mol. The van der Waals surface area contributed by atoms with Crippen LogP contribution >= 0.6 is 11.8 Å². The molecule has 4 N–H and O–H groups in total. The molecule has 10 nitrogen and oxygen atoms in total. The van der Waals surface area contributed by atoms with Crippen LogP contribution in [0.15, 0.2) is 45.5 Å². The van der Waals surface area contributed by atoms with Crippen LogP contribution in [-0.2, 0) is 9.53 Å². The molecule has 1 unspecified atom stereocenters. The third kappa shape index (κ3) is 6.58. The van der Waals surface area contributed by atoms with Crippen LogP contribution in [0, 0.1) is 5.92 Å². The fourth-order valence-corrected chi connectivity index (χ4v) is 4.50. The molecule has 2 aliphatic heterocycles. The lowest BCUT2D eigenvalue weighted by Gasteiger charge is -2.26. The van der Waals surface area contributed by atoms with Crippen LogP contribution in [0.1, 0.15) is 19.3 Å².